The zero-order valence-electron chi connectivity index (χ0n) is 29.3. The Bertz CT molecular complexity index is 858. The summed E-state index contributed by atoms with van der Waals surface area (Å²) in [4.78, 5) is 39.0. The molecular weight excluding hydrogens is 562 g/mol. The van der Waals surface area contributed by atoms with Crippen molar-refractivity contribution < 1.29 is 23.9 Å². The van der Waals surface area contributed by atoms with Crippen molar-refractivity contribution in [3.05, 3.63) is 35.9 Å². The van der Waals surface area contributed by atoms with Gasteiger partial charge >= 0.3 is 11.9 Å². The summed E-state index contributed by atoms with van der Waals surface area (Å²) < 4.78 is 11.2. The summed E-state index contributed by atoms with van der Waals surface area (Å²) in [6, 6.07) is 8.11. The lowest BCUT2D eigenvalue weighted by molar-refractivity contribution is -0.160. The molecule has 1 aromatic carbocycles. The van der Waals surface area contributed by atoms with Gasteiger partial charge in [-0.3, -0.25) is 9.59 Å². The van der Waals surface area contributed by atoms with Gasteiger partial charge in [0.15, 0.2) is 12.1 Å². The quantitative estimate of drug-likeness (QED) is 0.0676. The van der Waals surface area contributed by atoms with Crippen LogP contribution in [0.15, 0.2) is 30.3 Å². The molecule has 1 amide bonds. The van der Waals surface area contributed by atoms with Gasteiger partial charge in [-0.1, -0.05) is 173 Å². The molecule has 45 heavy (non-hydrogen) atoms. The van der Waals surface area contributed by atoms with E-state index in [0.717, 1.165) is 38.5 Å². The fraction of sp³-hybridized carbons (Fsp3) is 0.769. The third kappa shape index (κ3) is 21.9. The second-order valence-electron chi connectivity index (χ2n) is 12.7. The summed E-state index contributed by atoms with van der Waals surface area (Å²) in [6.07, 6.45) is 26.2. The second-order valence-corrected chi connectivity index (χ2v) is 12.7. The lowest BCUT2D eigenvalue weighted by Gasteiger charge is -2.27. The molecule has 0 saturated heterocycles. The van der Waals surface area contributed by atoms with Gasteiger partial charge in [-0.05, 0) is 25.3 Å². The maximum atomic E-state index is 13.1. The van der Waals surface area contributed by atoms with Gasteiger partial charge < -0.3 is 14.8 Å². The highest BCUT2D eigenvalue weighted by Gasteiger charge is 2.35. The van der Waals surface area contributed by atoms with Crippen LogP contribution in [0.3, 0.4) is 0 Å². The lowest BCUT2D eigenvalue weighted by atomic mass is 10.0. The topological polar surface area (TPSA) is 81.7 Å². The van der Waals surface area contributed by atoms with E-state index in [1.165, 1.54) is 103 Å². The van der Waals surface area contributed by atoms with Crippen LogP contribution in [-0.2, 0) is 23.9 Å². The molecule has 0 aromatic heterocycles. The minimum absolute atomic E-state index is 0.179. The fourth-order valence-corrected chi connectivity index (χ4v) is 5.79. The van der Waals surface area contributed by atoms with Crippen LogP contribution < -0.4 is 5.32 Å². The molecule has 2 atom stereocenters. The number of ether oxygens (including phenoxy) is 2. The minimum atomic E-state index is -1.09. The molecule has 1 N–H and O–H groups in total. The minimum Gasteiger partial charge on any atom is -0.464 e. The summed E-state index contributed by atoms with van der Waals surface area (Å²) in [5, 5.41) is 2.86. The Morgan fingerprint density at radius 3 is 1.44 bits per heavy atom. The first-order chi connectivity index (χ1) is 22.0. The van der Waals surface area contributed by atoms with Gasteiger partial charge in [0.1, 0.15) is 0 Å². The number of unbranched alkanes of at least 4 members (excludes halogenated alkanes) is 20. The zero-order chi connectivity index (χ0) is 32.8. The van der Waals surface area contributed by atoms with Gasteiger partial charge in [0.25, 0.3) is 0 Å². The summed E-state index contributed by atoms with van der Waals surface area (Å²) >= 11 is 0. The predicted molar refractivity (Wildman–Crippen MR) is 186 cm³/mol. The number of amides is 1. The summed E-state index contributed by atoms with van der Waals surface area (Å²) in [6.45, 7) is 6.40. The number of esters is 2. The van der Waals surface area contributed by atoms with Crippen LogP contribution in [0.4, 0.5) is 0 Å². The van der Waals surface area contributed by atoms with Crippen molar-refractivity contribution in [1.29, 1.82) is 0 Å². The Balaban J connectivity index is 2.53. The number of benzene rings is 1. The Morgan fingerprint density at radius 1 is 0.578 bits per heavy atom. The van der Waals surface area contributed by atoms with E-state index in [2.05, 4.69) is 19.2 Å². The SMILES string of the molecule is CCCCCCCCCCCCCC(=O)NC(C(=O)OCC)C(OC(=O)CCCCCCCCCCCCC)c1ccccc1. The molecule has 258 valence electrons. The van der Waals surface area contributed by atoms with Gasteiger partial charge in [0.2, 0.25) is 5.91 Å². The average Bonchev–Trinajstić information content (AvgIpc) is 3.04. The Labute approximate surface area is 276 Å². The highest BCUT2D eigenvalue weighted by molar-refractivity contribution is 5.85. The van der Waals surface area contributed by atoms with Crippen LogP contribution >= 0.6 is 0 Å². The monoisotopic (exact) mass is 630 g/mol. The van der Waals surface area contributed by atoms with Crippen LogP contribution in [0.2, 0.25) is 0 Å². The molecule has 0 radical (unpaired) electrons. The van der Waals surface area contributed by atoms with Crippen LogP contribution in [0.1, 0.15) is 187 Å². The number of hydrogen-bond acceptors (Lipinski definition) is 5. The molecule has 6 nitrogen and oxygen atoms in total. The third-order valence-electron chi connectivity index (χ3n) is 8.54. The summed E-state index contributed by atoms with van der Waals surface area (Å²) in [5.74, 6) is -1.15. The number of carbonyl (C=O) groups is 3. The van der Waals surface area contributed by atoms with Gasteiger partial charge in [0, 0.05) is 12.8 Å². The van der Waals surface area contributed by atoms with E-state index in [4.69, 9.17) is 9.47 Å². The molecule has 1 rings (SSSR count). The molecule has 0 heterocycles. The van der Waals surface area contributed by atoms with E-state index in [1.54, 1.807) is 6.92 Å². The van der Waals surface area contributed by atoms with E-state index in [0.29, 0.717) is 18.4 Å². The second kappa shape index (κ2) is 29.1. The van der Waals surface area contributed by atoms with Crippen LogP contribution in [-0.4, -0.2) is 30.5 Å². The predicted octanol–water partition coefficient (Wildman–Crippen LogP) is 10.7. The summed E-state index contributed by atoms with van der Waals surface area (Å²) in [7, 11) is 0. The number of rotatable bonds is 30. The molecule has 0 aliphatic rings. The molecule has 0 bridgehead atoms. The standard InChI is InChI=1S/C39H67NO5/c1-4-7-9-11-13-15-17-19-21-23-28-32-35(41)40-37(39(43)44-6-3)38(34-30-26-25-27-31-34)45-36(42)33-29-24-22-20-18-16-14-12-10-8-5-2/h25-27,30-31,37-38H,4-24,28-29,32-33H2,1-3H3,(H,40,41). The normalized spacial score (nSPS) is 12.4. The number of hydrogen-bond donors (Lipinski definition) is 1. The molecule has 0 saturated carbocycles. The molecule has 0 fully saturated rings. The Kier molecular flexibility index (Phi) is 26.3. The van der Waals surface area contributed by atoms with Crippen molar-refractivity contribution in [2.45, 2.75) is 187 Å². The van der Waals surface area contributed by atoms with E-state index in [1.807, 2.05) is 30.3 Å². The van der Waals surface area contributed by atoms with Gasteiger partial charge in [-0.15, -0.1) is 0 Å². The first kappa shape index (κ1) is 40.7. The van der Waals surface area contributed by atoms with Crippen molar-refractivity contribution in [2.24, 2.45) is 0 Å². The van der Waals surface area contributed by atoms with Crippen LogP contribution in [0.5, 0.6) is 0 Å². The molecule has 0 aliphatic carbocycles. The Hall–Kier alpha value is -2.37. The van der Waals surface area contributed by atoms with Gasteiger partial charge in [-0.2, -0.15) is 0 Å². The maximum Gasteiger partial charge on any atom is 0.332 e. The van der Waals surface area contributed by atoms with Crippen molar-refractivity contribution in [1.82, 2.24) is 5.32 Å². The van der Waals surface area contributed by atoms with Gasteiger partial charge in [0.05, 0.1) is 6.61 Å². The van der Waals surface area contributed by atoms with E-state index >= 15 is 0 Å². The lowest BCUT2D eigenvalue weighted by Crippen LogP contribution is -2.47. The van der Waals surface area contributed by atoms with E-state index in [9.17, 15) is 14.4 Å². The molecular formula is C39H67NO5. The van der Waals surface area contributed by atoms with Crippen LogP contribution in [0.25, 0.3) is 0 Å². The number of carbonyl (C=O) groups excluding carboxylic acids is 3. The molecule has 2 unspecified atom stereocenters. The molecule has 1 aromatic rings. The fourth-order valence-electron chi connectivity index (χ4n) is 5.79. The molecule has 6 heteroatoms. The van der Waals surface area contributed by atoms with E-state index in [-0.39, 0.29) is 18.5 Å². The first-order valence-electron chi connectivity index (χ1n) is 18.7. The van der Waals surface area contributed by atoms with Crippen LogP contribution in [0, 0.1) is 0 Å². The molecule has 0 spiro atoms. The summed E-state index contributed by atoms with van der Waals surface area (Å²) in [5.41, 5.74) is 0.665. The first-order valence-corrected chi connectivity index (χ1v) is 18.7. The smallest absolute Gasteiger partial charge is 0.332 e. The zero-order valence-corrected chi connectivity index (χ0v) is 29.3. The molecule has 0 aliphatic heterocycles. The van der Waals surface area contributed by atoms with Crippen molar-refractivity contribution in [3.63, 3.8) is 0 Å². The largest absolute Gasteiger partial charge is 0.464 e. The average molecular weight is 630 g/mol. The van der Waals surface area contributed by atoms with Crippen molar-refractivity contribution >= 4 is 17.8 Å². The number of nitrogens with one attached hydrogen (secondary N) is 1. The maximum absolute atomic E-state index is 13.1. The van der Waals surface area contributed by atoms with Gasteiger partial charge in [-0.25, -0.2) is 4.79 Å². The highest BCUT2D eigenvalue weighted by Crippen LogP contribution is 2.24. The highest BCUT2D eigenvalue weighted by atomic mass is 16.6. The Morgan fingerprint density at radius 2 is 1.00 bits per heavy atom. The van der Waals surface area contributed by atoms with E-state index < -0.39 is 18.1 Å². The van der Waals surface area contributed by atoms with Crippen molar-refractivity contribution in [2.75, 3.05) is 6.61 Å². The van der Waals surface area contributed by atoms with Crippen molar-refractivity contribution in [3.8, 4) is 0 Å². The third-order valence-corrected chi connectivity index (χ3v) is 8.54.